The van der Waals surface area contributed by atoms with Gasteiger partial charge >= 0.3 is 0 Å². The van der Waals surface area contributed by atoms with E-state index in [-0.39, 0.29) is 0 Å². The number of halogens is 1. The molecule has 2 nitrogen and oxygen atoms in total. The molecule has 1 aromatic carbocycles. The molecule has 2 unspecified atom stereocenters. The van der Waals surface area contributed by atoms with E-state index in [9.17, 15) is 0 Å². The molecule has 1 saturated heterocycles. The summed E-state index contributed by atoms with van der Waals surface area (Å²) < 4.78 is 1.15. The summed E-state index contributed by atoms with van der Waals surface area (Å²) in [6.07, 6.45) is 0. The van der Waals surface area contributed by atoms with E-state index in [1.54, 1.807) is 0 Å². The second kappa shape index (κ2) is 6.18. The summed E-state index contributed by atoms with van der Waals surface area (Å²) in [7, 11) is 0. The van der Waals surface area contributed by atoms with Crippen molar-refractivity contribution in [2.24, 2.45) is 5.92 Å². The van der Waals surface area contributed by atoms with Crippen LogP contribution in [0, 0.1) is 5.92 Å². The largest absolute Gasteiger partial charge is 0.311 e. The maximum absolute atomic E-state index is 3.64. The third kappa shape index (κ3) is 3.56. The number of rotatable bonds is 3. The normalized spacial score (nSPS) is 25.6. The average Bonchev–Trinajstić information content (AvgIpc) is 2.34. The Balaban J connectivity index is 2.00. The van der Waals surface area contributed by atoms with Gasteiger partial charge in [-0.05, 0) is 30.5 Å². The van der Waals surface area contributed by atoms with Gasteiger partial charge in [-0.25, -0.2) is 0 Å². The Kier molecular flexibility index (Phi) is 4.82. The van der Waals surface area contributed by atoms with E-state index in [0.717, 1.165) is 24.1 Å². The number of nitrogens with one attached hydrogen (secondary N) is 1. The van der Waals surface area contributed by atoms with Gasteiger partial charge in [0.25, 0.3) is 0 Å². The van der Waals surface area contributed by atoms with Gasteiger partial charge in [0.05, 0.1) is 0 Å². The summed E-state index contributed by atoms with van der Waals surface area (Å²) in [5.74, 6) is 0.699. The zero-order chi connectivity index (χ0) is 13.1. The van der Waals surface area contributed by atoms with E-state index >= 15 is 0 Å². The fraction of sp³-hybridized carbons (Fsp3) is 0.600. The van der Waals surface area contributed by atoms with Crippen molar-refractivity contribution < 1.29 is 0 Å². The summed E-state index contributed by atoms with van der Waals surface area (Å²) in [6, 6.07) is 9.91. The molecule has 0 aliphatic carbocycles. The maximum Gasteiger partial charge on any atom is 0.0237 e. The van der Waals surface area contributed by atoms with E-state index < -0.39 is 0 Å². The van der Waals surface area contributed by atoms with Gasteiger partial charge in [0.1, 0.15) is 0 Å². The fourth-order valence-electron chi connectivity index (χ4n) is 2.44. The minimum Gasteiger partial charge on any atom is -0.311 e. The van der Waals surface area contributed by atoms with Crippen LogP contribution < -0.4 is 5.32 Å². The highest BCUT2D eigenvalue weighted by atomic mass is 79.9. The van der Waals surface area contributed by atoms with Crippen LogP contribution in [0.3, 0.4) is 0 Å². The van der Waals surface area contributed by atoms with Gasteiger partial charge in [0.2, 0.25) is 0 Å². The topological polar surface area (TPSA) is 15.3 Å². The molecule has 1 fully saturated rings. The number of nitrogens with zero attached hydrogens (tertiary/aromatic N) is 1. The fourth-order valence-corrected chi connectivity index (χ4v) is 2.70. The molecule has 1 heterocycles. The molecule has 0 saturated carbocycles. The van der Waals surface area contributed by atoms with E-state index in [1.807, 2.05) is 0 Å². The Hall–Kier alpha value is -0.380. The molecule has 1 aromatic rings. The predicted octanol–water partition coefficient (Wildman–Crippen LogP) is 3.27. The Labute approximate surface area is 119 Å². The summed E-state index contributed by atoms with van der Waals surface area (Å²) >= 11 is 3.49. The lowest BCUT2D eigenvalue weighted by molar-refractivity contribution is 0.116. The zero-order valence-corrected chi connectivity index (χ0v) is 13.1. The minimum atomic E-state index is 0.614. The summed E-state index contributed by atoms with van der Waals surface area (Å²) in [6.45, 7) is 10.2. The Bertz CT molecular complexity index is 375. The molecule has 1 N–H and O–H groups in total. The Morgan fingerprint density at radius 2 is 2.00 bits per heavy atom. The van der Waals surface area contributed by atoms with E-state index in [2.05, 4.69) is 71.2 Å². The lowest BCUT2D eigenvalue weighted by atomic mass is 9.99. The van der Waals surface area contributed by atoms with Gasteiger partial charge in [-0.1, -0.05) is 41.9 Å². The van der Waals surface area contributed by atoms with Gasteiger partial charge in [-0.15, -0.1) is 0 Å². The predicted molar refractivity (Wildman–Crippen MR) is 80.6 cm³/mol. The number of piperazine rings is 1. The lowest BCUT2D eigenvalue weighted by Gasteiger charge is -2.40. The summed E-state index contributed by atoms with van der Waals surface area (Å²) in [5, 5.41) is 3.64. The molecular formula is C15H23BrN2. The van der Waals surface area contributed by atoms with E-state index in [4.69, 9.17) is 0 Å². The number of hydrogen-bond donors (Lipinski definition) is 1. The van der Waals surface area contributed by atoms with Crippen molar-refractivity contribution in [1.29, 1.82) is 0 Å². The molecule has 2 rings (SSSR count). The van der Waals surface area contributed by atoms with Crippen molar-refractivity contribution >= 4 is 15.9 Å². The molecule has 18 heavy (non-hydrogen) atoms. The van der Waals surface area contributed by atoms with Crippen LogP contribution in [0.5, 0.6) is 0 Å². The molecule has 1 aliphatic rings. The SMILES string of the molecule is CC(C)C1CN(Cc2ccc(Br)cc2)C(C)CN1. The van der Waals surface area contributed by atoms with E-state index in [1.165, 1.54) is 5.56 Å². The van der Waals surface area contributed by atoms with Gasteiger partial charge in [0.15, 0.2) is 0 Å². The van der Waals surface area contributed by atoms with Crippen LogP contribution in [-0.4, -0.2) is 30.1 Å². The number of hydrogen-bond acceptors (Lipinski definition) is 2. The minimum absolute atomic E-state index is 0.614. The van der Waals surface area contributed by atoms with Crippen molar-refractivity contribution in [3.05, 3.63) is 34.3 Å². The highest BCUT2D eigenvalue weighted by Gasteiger charge is 2.26. The zero-order valence-electron chi connectivity index (χ0n) is 11.5. The molecule has 2 atom stereocenters. The van der Waals surface area contributed by atoms with Gasteiger partial charge in [0, 0.05) is 36.2 Å². The third-order valence-corrected chi connectivity index (χ3v) is 4.36. The molecule has 3 heteroatoms. The summed E-state index contributed by atoms with van der Waals surface area (Å²) in [5.41, 5.74) is 1.40. The molecule has 0 bridgehead atoms. The van der Waals surface area contributed by atoms with Crippen LogP contribution in [0.2, 0.25) is 0 Å². The first kappa shape index (κ1) is 14.0. The second-order valence-electron chi connectivity index (χ2n) is 5.66. The smallest absolute Gasteiger partial charge is 0.0237 e. The Morgan fingerprint density at radius 3 is 2.61 bits per heavy atom. The van der Waals surface area contributed by atoms with Crippen LogP contribution in [-0.2, 0) is 6.54 Å². The van der Waals surface area contributed by atoms with Crippen LogP contribution in [0.25, 0.3) is 0 Å². The van der Waals surface area contributed by atoms with Crippen LogP contribution >= 0.6 is 15.9 Å². The molecule has 0 radical (unpaired) electrons. The number of benzene rings is 1. The van der Waals surface area contributed by atoms with Crippen LogP contribution in [0.15, 0.2) is 28.7 Å². The monoisotopic (exact) mass is 310 g/mol. The van der Waals surface area contributed by atoms with E-state index in [0.29, 0.717) is 18.0 Å². The molecule has 0 amide bonds. The molecule has 0 spiro atoms. The average molecular weight is 311 g/mol. The van der Waals surface area contributed by atoms with Gasteiger partial charge < -0.3 is 5.32 Å². The van der Waals surface area contributed by atoms with Crippen molar-refractivity contribution in [1.82, 2.24) is 10.2 Å². The first-order valence-electron chi connectivity index (χ1n) is 6.78. The second-order valence-corrected chi connectivity index (χ2v) is 6.58. The van der Waals surface area contributed by atoms with Crippen molar-refractivity contribution in [3.8, 4) is 0 Å². The first-order valence-corrected chi connectivity index (χ1v) is 7.57. The Morgan fingerprint density at radius 1 is 1.33 bits per heavy atom. The van der Waals surface area contributed by atoms with Crippen molar-refractivity contribution in [2.75, 3.05) is 13.1 Å². The molecule has 100 valence electrons. The highest BCUT2D eigenvalue weighted by Crippen LogP contribution is 2.17. The molecular weight excluding hydrogens is 288 g/mol. The van der Waals surface area contributed by atoms with Gasteiger partial charge in [-0.2, -0.15) is 0 Å². The van der Waals surface area contributed by atoms with Gasteiger partial charge in [-0.3, -0.25) is 4.90 Å². The quantitative estimate of drug-likeness (QED) is 0.922. The molecule has 1 aliphatic heterocycles. The van der Waals surface area contributed by atoms with Crippen LogP contribution in [0.1, 0.15) is 26.3 Å². The van der Waals surface area contributed by atoms with Crippen molar-refractivity contribution in [2.45, 2.75) is 39.4 Å². The summed E-state index contributed by atoms with van der Waals surface area (Å²) in [4.78, 5) is 2.59. The standard InChI is InChI=1S/C15H23BrN2/c1-11(2)15-10-18(12(3)8-17-15)9-13-4-6-14(16)7-5-13/h4-7,11-12,15,17H,8-10H2,1-3H3. The third-order valence-electron chi connectivity index (χ3n) is 3.83. The first-order chi connectivity index (χ1) is 8.56. The molecule has 0 aromatic heterocycles. The van der Waals surface area contributed by atoms with Crippen molar-refractivity contribution in [3.63, 3.8) is 0 Å². The lowest BCUT2D eigenvalue weighted by Crippen LogP contribution is -2.56. The maximum atomic E-state index is 3.64. The highest BCUT2D eigenvalue weighted by molar-refractivity contribution is 9.10. The van der Waals surface area contributed by atoms with Crippen LogP contribution in [0.4, 0.5) is 0 Å².